The van der Waals surface area contributed by atoms with Gasteiger partial charge in [-0.05, 0) is 17.7 Å². The van der Waals surface area contributed by atoms with Crippen LogP contribution in [0.4, 0.5) is 18.9 Å². The van der Waals surface area contributed by atoms with Crippen LogP contribution < -0.4 is 0 Å². The van der Waals surface area contributed by atoms with Gasteiger partial charge in [-0.2, -0.15) is 13.2 Å². The zero-order valence-electron chi connectivity index (χ0n) is 6.89. The molecule has 0 aliphatic heterocycles. The number of halogens is 5. The van der Waals surface area contributed by atoms with Gasteiger partial charge in [0, 0.05) is 4.91 Å². The highest BCUT2D eigenvalue weighted by atomic mass is 35.5. The van der Waals surface area contributed by atoms with Gasteiger partial charge < -0.3 is 0 Å². The summed E-state index contributed by atoms with van der Waals surface area (Å²) in [5, 5.41) is 2.16. The molecule has 80 valence electrons. The molecule has 8 heteroatoms. The van der Waals surface area contributed by atoms with Crippen molar-refractivity contribution in [3.8, 4) is 0 Å². The van der Waals surface area contributed by atoms with Crippen LogP contribution in [0.2, 0.25) is 10.0 Å². The van der Waals surface area contributed by atoms with Gasteiger partial charge in [-0.25, -0.2) is 0 Å². The summed E-state index contributed by atoms with van der Waals surface area (Å²) in [4.78, 5) is 2.34. The van der Waals surface area contributed by atoms with E-state index in [-0.39, 0.29) is 5.02 Å². The smallest absolute Gasteiger partial charge is 0.166 e. The van der Waals surface area contributed by atoms with Crippen LogP contribution in [-0.2, 0) is 6.18 Å². The number of azide groups is 1. The number of alkyl halides is 3. The van der Waals surface area contributed by atoms with Crippen molar-refractivity contribution in [3.63, 3.8) is 0 Å². The molecular formula is C7H2Cl2F3N3. The van der Waals surface area contributed by atoms with Crippen LogP contribution in [-0.4, -0.2) is 0 Å². The highest BCUT2D eigenvalue weighted by Gasteiger charge is 2.34. The number of rotatable bonds is 1. The first-order valence-corrected chi connectivity index (χ1v) is 4.24. The number of hydrogen-bond donors (Lipinski definition) is 0. The van der Waals surface area contributed by atoms with Crippen LogP contribution in [0.15, 0.2) is 17.2 Å². The molecule has 1 rings (SSSR count). The van der Waals surface area contributed by atoms with Gasteiger partial charge in [-0.3, -0.25) is 0 Å². The summed E-state index contributed by atoms with van der Waals surface area (Å²) < 4.78 is 37.0. The third-order valence-corrected chi connectivity index (χ3v) is 2.20. The van der Waals surface area contributed by atoms with Gasteiger partial charge in [0.05, 0.1) is 21.3 Å². The molecule has 0 spiro atoms. The fourth-order valence-corrected chi connectivity index (χ4v) is 1.45. The molecule has 0 radical (unpaired) electrons. The van der Waals surface area contributed by atoms with E-state index >= 15 is 0 Å². The van der Waals surface area contributed by atoms with Gasteiger partial charge in [0.25, 0.3) is 0 Å². The van der Waals surface area contributed by atoms with E-state index in [2.05, 4.69) is 10.0 Å². The molecule has 1 aromatic carbocycles. The van der Waals surface area contributed by atoms with Crippen LogP contribution in [0.1, 0.15) is 5.56 Å². The molecule has 0 aliphatic carbocycles. The predicted octanol–water partition coefficient (Wildman–Crippen LogP) is 4.95. The lowest BCUT2D eigenvalue weighted by Crippen LogP contribution is -2.05. The van der Waals surface area contributed by atoms with E-state index in [4.69, 9.17) is 28.7 Å². The first-order valence-electron chi connectivity index (χ1n) is 3.48. The monoisotopic (exact) mass is 255 g/mol. The van der Waals surface area contributed by atoms with E-state index in [0.717, 1.165) is 12.1 Å². The summed E-state index contributed by atoms with van der Waals surface area (Å²) in [6.45, 7) is 0. The fourth-order valence-electron chi connectivity index (χ4n) is 0.896. The summed E-state index contributed by atoms with van der Waals surface area (Å²) in [6.07, 6.45) is -4.61. The summed E-state index contributed by atoms with van der Waals surface area (Å²) in [5.41, 5.74) is 6.61. The fraction of sp³-hybridized carbons (Fsp3) is 0.143. The highest BCUT2D eigenvalue weighted by molar-refractivity contribution is 6.39. The zero-order chi connectivity index (χ0) is 11.6. The minimum Gasteiger partial charge on any atom is -0.166 e. The number of hydrogen-bond acceptors (Lipinski definition) is 1. The SMILES string of the molecule is [N-]=[N+]=Nc1c(Cl)ccc(C(F)(F)F)c1Cl. The molecule has 0 saturated carbocycles. The van der Waals surface area contributed by atoms with Crippen molar-refractivity contribution in [3.05, 3.63) is 38.2 Å². The number of nitrogens with zero attached hydrogens (tertiary/aromatic N) is 3. The predicted molar refractivity (Wildman–Crippen MR) is 50.3 cm³/mol. The Labute approximate surface area is 92.0 Å². The van der Waals surface area contributed by atoms with Crippen LogP contribution in [0.5, 0.6) is 0 Å². The summed E-state index contributed by atoms with van der Waals surface area (Å²) in [7, 11) is 0. The Morgan fingerprint density at radius 3 is 2.33 bits per heavy atom. The van der Waals surface area contributed by atoms with E-state index in [9.17, 15) is 13.2 Å². The van der Waals surface area contributed by atoms with Gasteiger partial charge in [-0.15, -0.1) is 0 Å². The van der Waals surface area contributed by atoms with E-state index < -0.39 is 22.4 Å². The molecule has 15 heavy (non-hydrogen) atoms. The Hall–Kier alpha value is -1.10. The Balaban J connectivity index is 3.48. The van der Waals surface area contributed by atoms with Crippen molar-refractivity contribution in [2.45, 2.75) is 6.18 Å². The molecule has 0 saturated heterocycles. The Morgan fingerprint density at radius 1 is 1.27 bits per heavy atom. The van der Waals surface area contributed by atoms with Crippen molar-refractivity contribution < 1.29 is 13.2 Å². The molecular weight excluding hydrogens is 254 g/mol. The quantitative estimate of drug-likeness (QED) is 0.387. The summed E-state index contributed by atoms with van der Waals surface area (Å²) >= 11 is 10.9. The second-order valence-corrected chi connectivity index (χ2v) is 3.23. The van der Waals surface area contributed by atoms with Gasteiger partial charge in [0.2, 0.25) is 0 Å². The molecule has 0 amide bonds. The Morgan fingerprint density at radius 2 is 1.87 bits per heavy atom. The minimum absolute atomic E-state index is 0.134. The lowest BCUT2D eigenvalue weighted by Gasteiger charge is -2.10. The number of benzene rings is 1. The van der Waals surface area contributed by atoms with Gasteiger partial charge in [0.15, 0.2) is 0 Å². The molecule has 0 aromatic heterocycles. The highest BCUT2D eigenvalue weighted by Crippen LogP contribution is 2.42. The van der Waals surface area contributed by atoms with E-state index in [1.807, 2.05) is 0 Å². The maximum atomic E-state index is 12.3. The molecule has 0 bridgehead atoms. The molecule has 0 aliphatic rings. The molecule has 0 heterocycles. The molecule has 0 fully saturated rings. The van der Waals surface area contributed by atoms with E-state index in [1.165, 1.54) is 0 Å². The minimum atomic E-state index is -4.61. The third-order valence-electron chi connectivity index (χ3n) is 1.52. The normalized spacial score (nSPS) is 11.0. The Bertz CT molecular complexity index is 438. The zero-order valence-corrected chi connectivity index (χ0v) is 8.40. The maximum Gasteiger partial charge on any atom is 0.417 e. The maximum absolute atomic E-state index is 12.3. The van der Waals surface area contributed by atoms with Crippen molar-refractivity contribution in [2.75, 3.05) is 0 Å². The van der Waals surface area contributed by atoms with Gasteiger partial charge in [0.1, 0.15) is 0 Å². The summed E-state index contributed by atoms with van der Waals surface area (Å²) in [5.74, 6) is 0. The molecule has 0 atom stereocenters. The van der Waals surface area contributed by atoms with E-state index in [1.54, 1.807) is 0 Å². The van der Waals surface area contributed by atoms with Crippen LogP contribution in [0.25, 0.3) is 10.4 Å². The molecule has 3 nitrogen and oxygen atoms in total. The van der Waals surface area contributed by atoms with Crippen LogP contribution in [0, 0.1) is 0 Å². The van der Waals surface area contributed by atoms with Gasteiger partial charge >= 0.3 is 6.18 Å². The third kappa shape index (κ3) is 2.47. The molecule has 1 aromatic rings. The van der Waals surface area contributed by atoms with Crippen molar-refractivity contribution in [1.29, 1.82) is 0 Å². The van der Waals surface area contributed by atoms with E-state index in [0.29, 0.717) is 0 Å². The van der Waals surface area contributed by atoms with Crippen molar-refractivity contribution in [2.24, 2.45) is 5.11 Å². The first-order chi connectivity index (χ1) is 6.88. The second kappa shape index (κ2) is 4.18. The van der Waals surface area contributed by atoms with Crippen LogP contribution >= 0.6 is 23.2 Å². The Kier molecular flexibility index (Phi) is 3.34. The van der Waals surface area contributed by atoms with Crippen LogP contribution in [0.3, 0.4) is 0 Å². The lowest BCUT2D eigenvalue weighted by atomic mass is 10.2. The topological polar surface area (TPSA) is 48.8 Å². The first kappa shape index (κ1) is 12.0. The standard InChI is InChI=1S/C7H2Cl2F3N3/c8-4-2-1-3(7(10,11)12)5(9)6(4)14-15-13/h1-2H. The van der Waals surface area contributed by atoms with Gasteiger partial charge in [-0.1, -0.05) is 28.3 Å². The van der Waals surface area contributed by atoms with Crippen molar-refractivity contribution in [1.82, 2.24) is 0 Å². The molecule has 0 unspecified atom stereocenters. The summed E-state index contributed by atoms with van der Waals surface area (Å²) in [6, 6.07) is 1.70. The lowest BCUT2D eigenvalue weighted by molar-refractivity contribution is -0.137. The average molecular weight is 256 g/mol. The largest absolute Gasteiger partial charge is 0.417 e. The van der Waals surface area contributed by atoms with Crippen molar-refractivity contribution >= 4 is 28.9 Å². The molecule has 0 N–H and O–H groups in total. The average Bonchev–Trinajstić information content (AvgIpc) is 2.09. The second-order valence-electron chi connectivity index (χ2n) is 2.44.